The number of nitrogens with zero attached hydrogens (tertiary/aromatic N) is 1. The average Bonchev–Trinajstić information content (AvgIpc) is 2.62. The van der Waals surface area contributed by atoms with Crippen LogP contribution in [0.25, 0.3) is 11.1 Å². The molecule has 2 aromatic rings. The summed E-state index contributed by atoms with van der Waals surface area (Å²) in [4.78, 5) is 2.69. The van der Waals surface area contributed by atoms with Gasteiger partial charge in [0.1, 0.15) is 5.82 Å². The van der Waals surface area contributed by atoms with Crippen molar-refractivity contribution < 1.29 is 4.39 Å². The molecule has 1 fully saturated rings. The van der Waals surface area contributed by atoms with Gasteiger partial charge in [-0.25, -0.2) is 4.39 Å². The fourth-order valence-corrected chi connectivity index (χ4v) is 4.07. The first-order valence-electron chi connectivity index (χ1n) is 9.66. The van der Waals surface area contributed by atoms with Crippen molar-refractivity contribution in [2.24, 2.45) is 0 Å². The molecule has 0 radical (unpaired) electrons. The molecule has 0 spiro atoms. The predicted octanol–water partition coefficient (Wildman–Crippen LogP) is 6.25. The van der Waals surface area contributed by atoms with Gasteiger partial charge in [0.05, 0.1) is 0 Å². The van der Waals surface area contributed by atoms with Crippen molar-refractivity contribution in [2.75, 3.05) is 6.54 Å². The molecule has 0 aliphatic carbocycles. The van der Waals surface area contributed by atoms with Crippen LogP contribution in [0.3, 0.4) is 0 Å². The van der Waals surface area contributed by atoms with Gasteiger partial charge >= 0.3 is 0 Å². The van der Waals surface area contributed by atoms with Gasteiger partial charge in [-0.15, -0.1) is 0 Å². The second-order valence-corrected chi connectivity index (χ2v) is 7.69. The largest absolute Gasteiger partial charge is 0.298 e. The zero-order valence-corrected chi connectivity index (χ0v) is 15.7. The summed E-state index contributed by atoms with van der Waals surface area (Å²) in [6, 6.07) is 16.9. The first-order chi connectivity index (χ1) is 12.0. The Balaban J connectivity index is 1.60. The molecule has 3 unspecified atom stereocenters. The lowest BCUT2D eigenvalue weighted by molar-refractivity contribution is 0.100. The van der Waals surface area contributed by atoms with E-state index in [1.165, 1.54) is 49.9 Å². The third-order valence-corrected chi connectivity index (χ3v) is 5.85. The maximum atomic E-state index is 13.1. The van der Waals surface area contributed by atoms with Gasteiger partial charge in [-0.1, -0.05) is 49.7 Å². The standard InChI is InChI=1S/C23H30FN/c1-17(15-16-25-18(2)5-4-6-19(25)3)20-7-9-21(10-8-20)22-11-13-23(24)14-12-22/h7-14,17-19H,4-6,15-16H2,1-3H3. The topological polar surface area (TPSA) is 3.24 Å². The van der Waals surface area contributed by atoms with E-state index in [0.717, 1.165) is 23.2 Å². The van der Waals surface area contributed by atoms with Crippen LogP contribution >= 0.6 is 0 Å². The average molecular weight is 339 g/mol. The van der Waals surface area contributed by atoms with Crippen LogP contribution in [0, 0.1) is 5.82 Å². The van der Waals surface area contributed by atoms with E-state index in [1.807, 2.05) is 12.1 Å². The molecule has 1 aliphatic rings. The molecule has 3 atom stereocenters. The minimum absolute atomic E-state index is 0.185. The van der Waals surface area contributed by atoms with Gasteiger partial charge in [-0.3, -0.25) is 4.90 Å². The number of benzene rings is 2. The first kappa shape index (κ1) is 18.1. The Kier molecular flexibility index (Phi) is 5.90. The van der Waals surface area contributed by atoms with Crippen LogP contribution in [0.5, 0.6) is 0 Å². The maximum Gasteiger partial charge on any atom is 0.123 e. The van der Waals surface area contributed by atoms with Gasteiger partial charge in [0.25, 0.3) is 0 Å². The lowest BCUT2D eigenvalue weighted by Crippen LogP contribution is -2.44. The van der Waals surface area contributed by atoms with Crippen LogP contribution in [0.4, 0.5) is 4.39 Å². The van der Waals surface area contributed by atoms with Gasteiger partial charge in [0, 0.05) is 12.1 Å². The van der Waals surface area contributed by atoms with Crippen molar-refractivity contribution in [3.8, 4) is 11.1 Å². The Bertz CT molecular complexity index is 651. The molecule has 1 aliphatic heterocycles. The van der Waals surface area contributed by atoms with Crippen molar-refractivity contribution in [3.05, 3.63) is 59.9 Å². The van der Waals surface area contributed by atoms with Crippen LogP contribution in [0.15, 0.2) is 48.5 Å². The Labute approximate surface area is 151 Å². The molecule has 2 heteroatoms. The molecule has 0 N–H and O–H groups in total. The molecule has 25 heavy (non-hydrogen) atoms. The monoisotopic (exact) mass is 339 g/mol. The van der Waals surface area contributed by atoms with Crippen molar-refractivity contribution in [1.29, 1.82) is 0 Å². The molecule has 0 amide bonds. The van der Waals surface area contributed by atoms with Crippen LogP contribution in [-0.2, 0) is 0 Å². The fourth-order valence-electron chi connectivity index (χ4n) is 4.07. The summed E-state index contributed by atoms with van der Waals surface area (Å²) in [5.41, 5.74) is 3.61. The number of hydrogen-bond donors (Lipinski definition) is 0. The van der Waals surface area contributed by atoms with Gasteiger partial charge in [-0.05, 0) is 74.4 Å². The summed E-state index contributed by atoms with van der Waals surface area (Å²) in [6.07, 6.45) is 5.25. The zero-order chi connectivity index (χ0) is 17.8. The van der Waals surface area contributed by atoms with Crippen molar-refractivity contribution >= 4 is 0 Å². The van der Waals surface area contributed by atoms with Crippen molar-refractivity contribution in [3.63, 3.8) is 0 Å². The third kappa shape index (κ3) is 4.49. The molecular formula is C23H30FN. The molecule has 0 aromatic heterocycles. The van der Waals surface area contributed by atoms with Gasteiger partial charge in [0.2, 0.25) is 0 Å². The van der Waals surface area contributed by atoms with Crippen LogP contribution in [0.2, 0.25) is 0 Å². The summed E-state index contributed by atoms with van der Waals surface area (Å²) < 4.78 is 13.1. The molecule has 1 nitrogen and oxygen atoms in total. The smallest absolute Gasteiger partial charge is 0.123 e. The molecule has 3 rings (SSSR count). The minimum atomic E-state index is -0.185. The summed E-state index contributed by atoms with van der Waals surface area (Å²) >= 11 is 0. The highest BCUT2D eigenvalue weighted by atomic mass is 19.1. The van der Waals surface area contributed by atoms with E-state index in [0.29, 0.717) is 5.92 Å². The third-order valence-electron chi connectivity index (χ3n) is 5.85. The van der Waals surface area contributed by atoms with Crippen molar-refractivity contribution in [1.82, 2.24) is 4.90 Å². The fraction of sp³-hybridized carbons (Fsp3) is 0.478. The van der Waals surface area contributed by atoms with E-state index < -0.39 is 0 Å². The van der Waals surface area contributed by atoms with Crippen LogP contribution in [0.1, 0.15) is 57.9 Å². The van der Waals surface area contributed by atoms with E-state index in [4.69, 9.17) is 0 Å². The van der Waals surface area contributed by atoms with E-state index in [1.54, 1.807) is 0 Å². The molecule has 0 bridgehead atoms. The first-order valence-corrected chi connectivity index (χ1v) is 9.66. The lowest BCUT2D eigenvalue weighted by atomic mass is 9.93. The minimum Gasteiger partial charge on any atom is -0.298 e. The summed E-state index contributed by atoms with van der Waals surface area (Å²) in [5.74, 6) is 0.374. The summed E-state index contributed by atoms with van der Waals surface area (Å²) in [5, 5.41) is 0. The molecule has 1 saturated heterocycles. The number of rotatable bonds is 5. The maximum absolute atomic E-state index is 13.1. The second kappa shape index (κ2) is 8.14. The normalized spacial score (nSPS) is 22.7. The highest BCUT2D eigenvalue weighted by molar-refractivity contribution is 5.63. The zero-order valence-electron chi connectivity index (χ0n) is 15.7. The Morgan fingerprint density at radius 1 is 0.920 bits per heavy atom. The molecule has 134 valence electrons. The molecule has 0 saturated carbocycles. The van der Waals surface area contributed by atoms with E-state index in [9.17, 15) is 4.39 Å². The predicted molar refractivity (Wildman–Crippen MR) is 104 cm³/mol. The van der Waals surface area contributed by atoms with Crippen LogP contribution in [-0.4, -0.2) is 23.5 Å². The summed E-state index contributed by atoms with van der Waals surface area (Å²) in [6.45, 7) is 8.25. The Hall–Kier alpha value is -1.67. The Morgan fingerprint density at radius 3 is 2.00 bits per heavy atom. The molecule has 2 aromatic carbocycles. The van der Waals surface area contributed by atoms with Gasteiger partial charge < -0.3 is 0 Å². The quantitative estimate of drug-likeness (QED) is 0.622. The Morgan fingerprint density at radius 2 is 1.44 bits per heavy atom. The van der Waals surface area contributed by atoms with Crippen LogP contribution < -0.4 is 0 Å². The molecule has 1 heterocycles. The van der Waals surface area contributed by atoms with Crippen molar-refractivity contribution in [2.45, 2.75) is 64.5 Å². The van der Waals surface area contributed by atoms with E-state index in [2.05, 4.69) is 49.9 Å². The second-order valence-electron chi connectivity index (χ2n) is 7.69. The van der Waals surface area contributed by atoms with E-state index in [-0.39, 0.29) is 5.82 Å². The lowest BCUT2D eigenvalue weighted by Gasteiger charge is -2.39. The summed E-state index contributed by atoms with van der Waals surface area (Å²) in [7, 11) is 0. The number of hydrogen-bond acceptors (Lipinski definition) is 1. The van der Waals surface area contributed by atoms with E-state index >= 15 is 0 Å². The number of likely N-dealkylation sites (tertiary alicyclic amines) is 1. The highest BCUT2D eigenvalue weighted by Gasteiger charge is 2.24. The molecular weight excluding hydrogens is 309 g/mol. The SMILES string of the molecule is CC(CCN1C(C)CCCC1C)c1ccc(-c2ccc(F)cc2)cc1. The number of piperidine rings is 1. The van der Waals surface area contributed by atoms with Gasteiger partial charge in [-0.2, -0.15) is 0 Å². The van der Waals surface area contributed by atoms with Gasteiger partial charge in [0.15, 0.2) is 0 Å². The highest BCUT2D eigenvalue weighted by Crippen LogP contribution is 2.27. The number of halogens is 1.